The van der Waals surface area contributed by atoms with Gasteiger partial charge in [-0.05, 0) is 75.0 Å². The minimum Gasteiger partial charge on any atom is -0.299 e. The largest absolute Gasteiger partial charge is 0.299 e. The van der Waals surface area contributed by atoms with Gasteiger partial charge in [-0.25, -0.2) is 0 Å². The van der Waals surface area contributed by atoms with Gasteiger partial charge in [-0.15, -0.1) is 0 Å². The molecule has 2 aliphatic rings. The molecule has 0 saturated heterocycles. The van der Waals surface area contributed by atoms with Crippen LogP contribution in [0.1, 0.15) is 24.3 Å². The van der Waals surface area contributed by atoms with Crippen LogP contribution < -0.4 is 0 Å². The standard InChI is InChI=1S/C21H17ClO2/c22-19-11-9-15(10-12-19)18(13-20(23)16-5-1-2-6-16)14-21(24)17-7-3-4-8-17/h1-12,18H,13-14H2. The average Bonchev–Trinajstić information content (AvgIpc) is 3.28. The highest BCUT2D eigenvalue weighted by Crippen LogP contribution is 2.34. The Morgan fingerprint density at radius 3 is 1.58 bits per heavy atom. The van der Waals surface area contributed by atoms with Crippen molar-refractivity contribution in [1.29, 1.82) is 0 Å². The summed E-state index contributed by atoms with van der Waals surface area (Å²) in [4.78, 5) is 25.0. The molecule has 10 radical (unpaired) electrons. The van der Waals surface area contributed by atoms with Gasteiger partial charge in [0.25, 0.3) is 0 Å². The third-order valence-electron chi connectivity index (χ3n) is 4.17. The summed E-state index contributed by atoms with van der Waals surface area (Å²) in [5.41, 5.74) is 0.958. The van der Waals surface area contributed by atoms with E-state index >= 15 is 0 Å². The Kier molecular flexibility index (Phi) is 6.10. The number of carbonyl (C=O) groups is 2. The van der Waals surface area contributed by atoms with Crippen LogP contribution in [0.5, 0.6) is 0 Å². The van der Waals surface area contributed by atoms with Crippen molar-refractivity contribution >= 4 is 23.2 Å². The Bertz CT molecular complexity index is 536. The SMILES string of the molecule is O=C(CC(CC(=O)[C]1[CH][CH][CH][CH]1)c1ccc(Cl)cc1)[C]1[CH][CH][CH][CH]1. The number of Topliss-reactive ketones (excluding diaryl/α,β-unsaturated/α-hetero) is 2. The summed E-state index contributed by atoms with van der Waals surface area (Å²) in [6, 6.07) is 7.38. The molecule has 0 amide bonds. The Balaban J connectivity index is 1.70. The molecular weight excluding hydrogens is 320 g/mol. The van der Waals surface area contributed by atoms with Crippen LogP contribution in [0, 0.1) is 63.2 Å². The van der Waals surface area contributed by atoms with Crippen molar-refractivity contribution < 1.29 is 9.59 Å². The normalized spacial score (nSPS) is 19.2. The number of carbonyl (C=O) groups excluding carboxylic acids is 2. The molecule has 1 aromatic carbocycles. The van der Waals surface area contributed by atoms with Crippen molar-refractivity contribution in [2.24, 2.45) is 0 Å². The fourth-order valence-electron chi connectivity index (χ4n) is 2.85. The number of ketones is 2. The molecular formula is C21H17ClO2. The van der Waals surface area contributed by atoms with E-state index in [1.165, 1.54) is 0 Å². The summed E-state index contributed by atoms with van der Waals surface area (Å²) in [6.45, 7) is 0. The zero-order valence-electron chi connectivity index (χ0n) is 13.1. The molecule has 2 aliphatic carbocycles. The highest BCUT2D eigenvalue weighted by atomic mass is 35.5. The predicted octanol–water partition coefficient (Wildman–Crippen LogP) is 4.15. The first-order chi connectivity index (χ1) is 11.6. The molecule has 120 valence electrons. The second kappa shape index (κ2) is 8.29. The minimum absolute atomic E-state index is 0.0512. The van der Waals surface area contributed by atoms with Crippen molar-refractivity contribution in [3.05, 3.63) is 98.1 Å². The van der Waals surface area contributed by atoms with Gasteiger partial charge in [0, 0.05) is 29.7 Å². The Hall–Kier alpha value is -1.15. The van der Waals surface area contributed by atoms with E-state index in [4.69, 9.17) is 11.6 Å². The molecule has 0 aromatic heterocycles. The molecule has 0 atom stereocenters. The van der Waals surface area contributed by atoms with Crippen LogP contribution in [-0.2, 0) is 9.59 Å². The van der Waals surface area contributed by atoms with Crippen LogP contribution in [-0.4, -0.2) is 11.6 Å². The van der Waals surface area contributed by atoms with Gasteiger partial charge in [0.15, 0.2) is 0 Å². The highest BCUT2D eigenvalue weighted by Gasteiger charge is 2.31. The van der Waals surface area contributed by atoms with Crippen LogP contribution in [0.4, 0.5) is 0 Å². The Morgan fingerprint density at radius 1 is 0.750 bits per heavy atom. The number of rotatable bonds is 7. The summed E-state index contributed by atoms with van der Waals surface area (Å²) in [7, 11) is 0. The first kappa shape index (κ1) is 17.7. The second-order valence-corrected chi connectivity index (χ2v) is 6.29. The number of halogens is 1. The molecule has 3 heteroatoms. The van der Waals surface area contributed by atoms with Crippen molar-refractivity contribution in [2.75, 3.05) is 0 Å². The summed E-state index contributed by atoms with van der Waals surface area (Å²) < 4.78 is 0. The van der Waals surface area contributed by atoms with E-state index in [2.05, 4.69) is 0 Å². The molecule has 0 unspecified atom stereocenters. The molecule has 0 heterocycles. The van der Waals surface area contributed by atoms with Crippen molar-refractivity contribution in [1.82, 2.24) is 0 Å². The van der Waals surface area contributed by atoms with Gasteiger partial charge in [0.1, 0.15) is 11.6 Å². The van der Waals surface area contributed by atoms with Gasteiger partial charge in [-0.3, -0.25) is 9.59 Å². The maximum Gasteiger partial charge on any atom is 0.141 e. The third-order valence-corrected chi connectivity index (χ3v) is 4.43. The van der Waals surface area contributed by atoms with Crippen LogP contribution in [0.3, 0.4) is 0 Å². The molecule has 2 fully saturated rings. The number of hydrogen-bond donors (Lipinski definition) is 0. The summed E-state index contributed by atoms with van der Waals surface area (Å²) in [5.74, 6) is 1.32. The van der Waals surface area contributed by atoms with Crippen molar-refractivity contribution in [3.8, 4) is 0 Å². The van der Waals surface area contributed by atoms with Gasteiger partial charge in [0.2, 0.25) is 0 Å². The first-order valence-corrected chi connectivity index (χ1v) is 8.26. The Morgan fingerprint density at radius 2 is 1.17 bits per heavy atom. The second-order valence-electron chi connectivity index (χ2n) is 5.85. The van der Waals surface area contributed by atoms with E-state index in [0.29, 0.717) is 29.7 Å². The lowest BCUT2D eigenvalue weighted by atomic mass is 9.83. The van der Waals surface area contributed by atoms with Crippen LogP contribution in [0.25, 0.3) is 0 Å². The predicted molar refractivity (Wildman–Crippen MR) is 94.3 cm³/mol. The van der Waals surface area contributed by atoms with Gasteiger partial charge in [-0.1, -0.05) is 23.7 Å². The lowest BCUT2D eigenvalue weighted by Gasteiger charge is -2.19. The van der Waals surface area contributed by atoms with E-state index in [-0.39, 0.29) is 17.5 Å². The van der Waals surface area contributed by atoms with Crippen molar-refractivity contribution in [2.45, 2.75) is 18.8 Å². The topological polar surface area (TPSA) is 34.1 Å². The molecule has 3 rings (SSSR count). The third kappa shape index (κ3) is 4.47. The van der Waals surface area contributed by atoms with E-state index in [1.54, 1.807) is 37.8 Å². The molecule has 24 heavy (non-hydrogen) atoms. The quantitative estimate of drug-likeness (QED) is 0.749. The van der Waals surface area contributed by atoms with Gasteiger partial charge < -0.3 is 0 Å². The van der Waals surface area contributed by atoms with E-state index < -0.39 is 0 Å². The zero-order chi connectivity index (χ0) is 16.9. The maximum absolute atomic E-state index is 12.5. The molecule has 2 nitrogen and oxygen atoms in total. The van der Waals surface area contributed by atoms with Crippen LogP contribution in [0.15, 0.2) is 24.3 Å². The van der Waals surface area contributed by atoms with E-state index in [0.717, 1.165) is 5.56 Å². The van der Waals surface area contributed by atoms with Gasteiger partial charge in [-0.2, -0.15) is 0 Å². The van der Waals surface area contributed by atoms with Crippen LogP contribution in [0.2, 0.25) is 5.02 Å². The smallest absolute Gasteiger partial charge is 0.141 e. The van der Waals surface area contributed by atoms with E-state index in [1.807, 2.05) is 37.8 Å². The lowest BCUT2D eigenvalue weighted by Crippen LogP contribution is -2.19. The molecule has 1 aromatic rings. The molecule has 2 saturated carbocycles. The fraction of sp³-hybridized carbons (Fsp3) is 0.143. The zero-order valence-corrected chi connectivity index (χ0v) is 13.9. The number of hydrogen-bond acceptors (Lipinski definition) is 2. The average molecular weight is 337 g/mol. The monoisotopic (exact) mass is 336 g/mol. The van der Waals surface area contributed by atoms with E-state index in [9.17, 15) is 9.59 Å². The fourth-order valence-corrected chi connectivity index (χ4v) is 2.97. The molecule has 0 spiro atoms. The van der Waals surface area contributed by atoms with Gasteiger partial charge in [0.05, 0.1) is 0 Å². The Labute approximate surface area is 150 Å². The summed E-state index contributed by atoms with van der Waals surface area (Å²) in [6.07, 6.45) is 15.2. The molecule has 0 bridgehead atoms. The summed E-state index contributed by atoms with van der Waals surface area (Å²) in [5, 5.41) is 0.641. The maximum atomic E-state index is 12.5. The van der Waals surface area contributed by atoms with Crippen LogP contribution >= 0.6 is 11.6 Å². The summed E-state index contributed by atoms with van der Waals surface area (Å²) >= 11 is 5.96. The van der Waals surface area contributed by atoms with Gasteiger partial charge >= 0.3 is 0 Å². The molecule has 0 N–H and O–H groups in total. The first-order valence-electron chi connectivity index (χ1n) is 7.89. The lowest BCUT2D eigenvalue weighted by molar-refractivity contribution is -0.118. The highest BCUT2D eigenvalue weighted by molar-refractivity contribution is 6.30. The van der Waals surface area contributed by atoms with Crippen molar-refractivity contribution in [3.63, 3.8) is 0 Å². The number of benzene rings is 1. The minimum atomic E-state index is -0.160. The molecule has 0 aliphatic heterocycles.